The number of hydrogen-bond acceptors (Lipinski definition) is 5. The smallest absolute Gasteiger partial charge is 0.305 e. The van der Waals surface area contributed by atoms with Crippen molar-refractivity contribution >= 4 is 23.6 Å². The largest absolute Gasteiger partial charge is 0.497 e. The summed E-state index contributed by atoms with van der Waals surface area (Å²) in [5.41, 5.74) is 1.04. The van der Waals surface area contributed by atoms with Crippen molar-refractivity contribution in [1.82, 2.24) is 5.32 Å². The summed E-state index contributed by atoms with van der Waals surface area (Å²) in [7, 11) is 3.02. The van der Waals surface area contributed by atoms with Crippen molar-refractivity contribution in [2.24, 2.45) is 0 Å². The Labute approximate surface area is 156 Å². The molecule has 0 aliphatic rings. The summed E-state index contributed by atoms with van der Waals surface area (Å²) >= 11 is 1.58. The highest BCUT2D eigenvalue weighted by atomic mass is 32.2. The summed E-state index contributed by atoms with van der Waals surface area (Å²) in [5, 5.41) is 12.0. The number of carboxylic acid groups (broad SMARTS) is 1. The molecular weight excluding hydrogens is 354 g/mol. The quantitative estimate of drug-likeness (QED) is 0.688. The van der Waals surface area contributed by atoms with Crippen LogP contribution in [0, 0.1) is 0 Å². The van der Waals surface area contributed by atoms with E-state index in [1.807, 2.05) is 18.4 Å². The van der Waals surface area contributed by atoms with Crippen LogP contribution in [-0.4, -0.2) is 37.5 Å². The van der Waals surface area contributed by atoms with E-state index in [1.165, 1.54) is 14.2 Å². The highest BCUT2D eigenvalue weighted by Crippen LogP contribution is 2.31. The number of rotatable bonds is 8. The van der Waals surface area contributed by atoms with E-state index in [4.69, 9.17) is 9.47 Å². The van der Waals surface area contributed by atoms with Crippen LogP contribution in [-0.2, 0) is 4.79 Å². The lowest BCUT2D eigenvalue weighted by Crippen LogP contribution is -2.30. The molecule has 2 aromatic carbocycles. The molecule has 7 heteroatoms. The summed E-state index contributed by atoms with van der Waals surface area (Å²) in [6.07, 6.45) is 1.69. The van der Waals surface area contributed by atoms with Gasteiger partial charge in [-0.1, -0.05) is 0 Å². The van der Waals surface area contributed by atoms with Crippen molar-refractivity contribution in [2.45, 2.75) is 17.4 Å². The number of ether oxygens (including phenoxy) is 2. The maximum absolute atomic E-state index is 12.6. The minimum atomic E-state index is -1.02. The van der Waals surface area contributed by atoms with E-state index in [0.717, 1.165) is 4.90 Å². The predicted octanol–water partition coefficient (Wildman–Crippen LogP) is 3.37. The Morgan fingerprint density at radius 3 is 2.35 bits per heavy atom. The zero-order valence-corrected chi connectivity index (χ0v) is 15.6. The van der Waals surface area contributed by atoms with Gasteiger partial charge >= 0.3 is 5.97 Å². The van der Waals surface area contributed by atoms with Crippen LogP contribution in [0.3, 0.4) is 0 Å². The third-order valence-electron chi connectivity index (χ3n) is 3.85. The number of carbonyl (C=O) groups is 2. The van der Waals surface area contributed by atoms with Gasteiger partial charge in [-0.05, 0) is 42.7 Å². The zero-order chi connectivity index (χ0) is 19.1. The van der Waals surface area contributed by atoms with Crippen molar-refractivity contribution in [1.29, 1.82) is 0 Å². The molecule has 0 aliphatic heterocycles. The number of hydrogen-bond donors (Lipinski definition) is 2. The molecule has 0 fully saturated rings. The molecule has 0 aliphatic carbocycles. The van der Waals surface area contributed by atoms with Gasteiger partial charge in [0.1, 0.15) is 11.5 Å². The van der Waals surface area contributed by atoms with Crippen molar-refractivity contribution in [2.75, 3.05) is 20.5 Å². The van der Waals surface area contributed by atoms with E-state index in [2.05, 4.69) is 5.32 Å². The van der Waals surface area contributed by atoms with Gasteiger partial charge in [0.25, 0.3) is 5.91 Å². The van der Waals surface area contributed by atoms with Crippen molar-refractivity contribution in [3.05, 3.63) is 53.6 Å². The van der Waals surface area contributed by atoms with E-state index < -0.39 is 12.0 Å². The highest BCUT2D eigenvalue weighted by Gasteiger charge is 2.22. The Morgan fingerprint density at radius 1 is 1.12 bits per heavy atom. The Bertz CT molecular complexity index is 776. The fourth-order valence-corrected chi connectivity index (χ4v) is 2.91. The van der Waals surface area contributed by atoms with Crippen molar-refractivity contribution in [3.8, 4) is 11.5 Å². The Morgan fingerprint density at radius 2 is 1.81 bits per heavy atom. The van der Waals surface area contributed by atoms with Gasteiger partial charge in [0.05, 0.1) is 26.7 Å². The third-order valence-corrected chi connectivity index (χ3v) is 4.60. The molecule has 1 atom stereocenters. The molecule has 0 spiro atoms. The first-order valence-corrected chi connectivity index (χ1v) is 9.09. The van der Waals surface area contributed by atoms with Crippen LogP contribution in [0.15, 0.2) is 47.4 Å². The van der Waals surface area contributed by atoms with Crippen LogP contribution in [0.5, 0.6) is 11.5 Å². The first-order chi connectivity index (χ1) is 12.5. The van der Waals surface area contributed by atoms with Gasteiger partial charge in [0.15, 0.2) is 0 Å². The van der Waals surface area contributed by atoms with Gasteiger partial charge in [-0.25, -0.2) is 0 Å². The Hall–Kier alpha value is -2.67. The number of benzene rings is 2. The maximum Gasteiger partial charge on any atom is 0.305 e. The number of aliphatic carboxylic acids is 1. The molecule has 138 valence electrons. The van der Waals surface area contributed by atoms with Gasteiger partial charge in [-0.3, -0.25) is 9.59 Å². The Kier molecular flexibility index (Phi) is 6.91. The SMILES string of the molecule is COc1ccc(C(CC(=O)O)NC(=O)c2ccc(SC)cc2)c(OC)c1. The molecule has 0 saturated carbocycles. The standard InChI is InChI=1S/C19H21NO5S/c1-24-13-6-9-15(17(10-13)25-2)16(11-18(21)22)20-19(23)12-4-7-14(26-3)8-5-12/h4-10,16H,11H2,1-3H3,(H,20,23)(H,21,22). The monoisotopic (exact) mass is 375 g/mol. The van der Waals surface area contributed by atoms with Crippen molar-refractivity contribution in [3.63, 3.8) is 0 Å². The van der Waals surface area contributed by atoms with Crippen LogP contribution in [0.4, 0.5) is 0 Å². The molecule has 0 bridgehead atoms. The van der Waals surface area contributed by atoms with Crippen LogP contribution in [0.2, 0.25) is 0 Å². The first-order valence-electron chi connectivity index (χ1n) is 7.87. The number of methoxy groups -OCH3 is 2. The first kappa shape index (κ1) is 19.7. The predicted molar refractivity (Wildman–Crippen MR) is 100 cm³/mol. The normalized spacial score (nSPS) is 11.5. The topological polar surface area (TPSA) is 84.9 Å². The molecule has 2 aromatic rings. The second-order valence-corrected chi connectivity index (χ2v) is 6.34. The molecule has 2 N–H and O–H groups in total. The molecule has 1 amide bonds. The number of nitrogens with one attached hydrogen (secondary N) is 1. The lowest BCUT2D eigenvalue weighted by atomic mass is 10.0. The van der Waals surface area contributed by atoms with Gasteiger partial charge in [0, 0.05) is 22.1 Å². The Balaban J connectivity index is 2.29. The van der Waals surface area contributed by atoms with E-state index in [9.17, 15) is 14.7 Å². The number of thioether (sulfide) groups is 1. The molecule has 26 heavy (non-hydrogen) atoms. The van der Waals surface area contributed by atoms with E-state index in [-0.39, 0.29) is 12.3 Å². The number of amides is 1. The van der Waals surface area contributed by atoms with E-state index >= 15 is 0 Å². The molecule has 6 nitrogen and oxygen atoms in total. The van der Waals surface area contributed by atoms with Crippen LogP contribution < -0.4 is 14.8 Å². The van der Waals surface area contributed by atoms with Gasteiger partial charge in [0.2, 0.25) is 0 Å². The lowest BCUT2D eigenvalue weighted by molar-refractivity contribution is -0.137. The average Bonchev–Trinajstić information content (AvgIpc) is 2.66. The van der Waals surface area contributed by atoms with Crippen molar-refractivity contribution < 1.29 is 24.2 Å². The molecular formula is C19H21NO5S. The molecule has 0 saturated heterocycles. The van der Waals surface area contributed by atoms with Gasteiger partial charge < -0.3 is 19.9 Å². The summed E-state index contributed by atoms with van der Waals surface area (Å²) < 4.78 is 10.5. The summed E-state index contributed by atoms with van der Waals surface area (Å²) in [5.74, 6) is -0.333. The van der Waals surface area contributed by atoms with Gasteiger partial charge in [-0.15, -0.1) is 11.8 Å². The average molecular weight is 375 g/mol. The second kappa shape index (κ2) is 9.15. The minimum absolute atomic E-state index is 0.267. The summed E-state index contributed by atoms with van der Waals surface area (Å²) in [6.45, 7) is 0. The molecule has 1 unspecified atom stereocenters. The lowest BCUT2D eigenvalue weighted by Gasteiger charge is -2.20. The fourth-order valence-electron chi connectivity index (χ4n) is 2.50. The summed E-state index contributed by atoms with van der Waals surface area (Å²) in [6, 6.07) is 11.4. The van der Waals surface area contributed by atoms with E-state index in [1.54, 1.807) is 42.1 Å². The third kappa shape index (κ3) is 4.92. The molecule has 0 aromatic heterocycles. The molecule has 2 rings (SSSR count). The number of carboxylic acids is 1. The van der Waals surface area contributed by atoms with Gasteiger partial charge in [-0.2, -0.15) is 0 Å². The van der Waals surface area contributed by atoms with Crippen LogP contribution in [0.1, 0.15) is 28.4 Å². The second-order valence-electron chi connectivity index (χ2n) is 5.46. The zero-order valence-electron chi connectivity index (χ0n) is 14.8. The maximum atomic E-state index is 12.6. The number of carbonyl (C=O) groups excluding carboxylic acids is 1. The summed E-state index contributed by atoms with van der Waals surface area (Å²) in [4.78, 5) is 24.9. The van der Waals surface area contributed by atoms with Crippen LogP contribution >= 0.6 is 11.8 Å². The highest BCUT2D eigenvalue weighted by molar-refractivity contribution is 7.98. The van der Waals surface area contributed by atoms with E-state index in [0.29, 0.717) is 22.6 Å². The molecule has 0 heterocycles. The minimum Gasteiger partial charge on any atom is -0.497 e. The van der Waals surface area contributed by atoms with Crippen LogP contribution in [0.25, 0.3) is 0 Å². The molecule has 0 radical (unpaired) electrons. The fraction of sp³-hybridized carbons (Fsp3) is 0.263.